The van der Waals surface area contributed by atoms with Crippen LogP contribution in [0.4, 0.5) is 9.52 Å². The van der Waals surface area contributed by atoms with Crippen LogP contribution in [-0.4, -0.2) is 22.6 Å². The van der Waals surface area contributed by atoms with E-state index in [0.29, 0.717) is 15.7 Å². The maximum Gasteiger partial charge on any atom is 0.308 e. The first-order chi connectivity index (χ1) is 13.8. The zero-order valence-corrected chi connectivity index (χ0v) is 17.7. The van der Waals surface area contributed by atoms with Gasteiger partial charge in [-0.3, -0.25) is 4.79 Å². The van der Waals surface area contributed by atoms with Gasteiger partial charge in [-0.2, -0.15) is 0 Å². The zero-order chi connectivity index (χ0) is 21.0. The number of nitrogens with zero attached hydrogens (tertiary/aromatic N) is 1. The average Bonchev–Trinajstić information content (AvgIpc) is 3.10. The number of benzene rings is 2. The molecule has 0 bridgehead atoms. The first-order valence-corrected chi connectivity index (χ1v) is 10.5. The van der Waals surface area contributed by atoms with Gasteiger partial charge >= 0.3 is 5.97 Å². The highest BCUT2D eigenvalue weighted by atomic mass is 35.5. The monoisotopic (exact) mass is 432 g/mol. The quantitative estimate of drug-likeness (QED) is 0.452. The third kappa shape index (κ3) is 5.55. The summed E-state index contributed by atoms with van der Waals surface area (Å²) in [5.41, 5.74) is 2.50. The second kappa shape index (κ2) is 9.37. The minimum atomic E-state index is -0.930. The summed E-state index contributed by atoms with van der Waals surface area (Å²) in [5.74, 6) is -1.72. The number of hydrogen-bond acceptors (Lipinski definition) is 4. The molecule has 7 heteroatoms. The fourth-order valence-electron chi connectivity index (χ4n) is 3.02. The van der Waals surface area contributed by atoms with E-state index >= 15 is 0 Å². The highest BCUT2D eigenvalue weighted by Gasteiger charge is 2.21. The highest BCUT2D eigenvalue weighted by Crippen LogP contribution is 2.36. The third-order valence-corrected chi connectivity index (χ3v) is 6.08. The Morgan fingerprint density at radius 1 is 1.24 bits per heavy atom. The summed E-state index contributed by atoms with van der Waals surface area (Å²) in [6.07, 6.45) is 0.243. The number of halogens is 2. The van der Waals surface area contributed by atoms with Crippen LogP contribution in [0.5, 0.6) is 0 Å². The summed E-state index contributed by atoms with van der Waals surface area (Å²) in [6, 6.07) is 13.5. The van der Waals surface area contributed by atoms with Gasteiger partial charge in [0.05, 0.1) is 11.6 Å². The summed E-state index contributed by atoms with van der Waals surface area (Å²) in [7, 11) is 0. The van der Waals surface area contributed by atoms with E-state index < -0.39 is 11.9 Å². The van der Waals surface area contributed by atoms with E-state index in [0.717, 1.165) is 16.1 Å². The lowest BCUT2D eigenvalue weighted by Gasteiger charge is -2.13. The molecule has 3 aromatic rings. The highest BCUT2D eigenvalue weighted by molar-refractivity contribution is 7.16. The number of anilines is 1. The Balaban J connectivity index is 1.77. The summed E-state index contributed by atoms with van der Waals surface area (Å²) < 4.78 is 13.4. The molecule has 0 spiro atoms. The van der Waals surface area contributed by atoms with Crippen molar-refractivity contribution in [2.75, 3.05) is 11.9 Å². The Morgan fingerprint density at radius 2 is 1.97 bits per heavy atom. The van der Waals surface area contributed by atoms with E-state index in [-0.39, 0.29) is 24.7 Å². The second-order valence-electron chi connectivity index (χ2n) is 7.14. The van der Waals surface area contributed by atoms with Crippen molar-refractivity contribution in [3.05, 3.63) is 69.8 Å². The largest absolute Gasteiger partial charge is 0.481 e. The van der Waals surface area contributed by atoms with Crippen LogP contribution in [0.15, 0.2) is 48.5 Å². The Labute approximate surface area is 178 Å². The molecule has 0 aliphatic rings. The van der Waals surface area contributed by atoms with Crippen LogP contribution in [-0.2, 0) is 11.2 Å². The molecule has 0 amide bonds. The maximum absolute atomic E-state index is 13.4. The number of rotatable bonds is 8. The van der Waals surface area contributed by atoms with Crippen molar-refractivity contribution in [2.24, 2.45) is 5.92 Å². The molecule has 0 radical (unpaired) electrons. The number of hydrogen-bond donors (Lipinski definition) is 2. The Bertz CT molecular complexity index is 989. The van der Waals surface area contributed by atoms with Gasteiger partial charge in [0.1, 0.15) is 5.82 Å². The molecule has 0 fully saturated rings. The summed E-state index contributed by atoms with van der Waals surface area (Å²) in [4.78, 5) is 17.5. The molecule has 0 saturated heterocycles. The van der Waals surface area contributed by atoms with Gasteiger partial charge in [0.2, 0.25) is 0 Å². The van der Waals surface area contributed by atoms with Gasteiger partial charge in [0, 0.05) is 22.0 Å². The topological polar surface area (TPSA) is 62.2 Å². The fraction of sp³-hybridized carbons (Fsp3) is 0.273. The van der Waals surface area contributed by atoms with Gasteiger partial charge in [-0.25, -0.2) is 9.37 Å². The average molecular weight is 433 g/mol. The standard InChI is InChI=1S/C22H22ClFN2O2S/c1-13(2)20-19(15-6-8-17(23)9-7-15)26-22(29-20)25-12-16(21(27)28)10-14-4-3-5-18(24)11-14/h3-9,11,13,16H,10,12H2,1-2H3,(H,25,26)(H,27,28). The normalized spacial score (nSPS) is 12.2. The van der Waals surface area contributed by atoms with Crippen LogP contribution in [0, 0.1) is 11.7 Å². The smallest absolute Gasteiger partial charge is 0.308 e. The number of aromatic nitrogens is 1. The number of carboxylic acids is 1. The van der Waals surface area contributed by atoms with Gasteiger partial charge in [-0.1, -0.05) is 49.7 Å². The van der Waals surface area contributed by atoms with E-state index in [9.17, 15) is 14.3 Å². The van der Waals surface area contributed by atoms with Crippen LogP contribution in [0.25, 0.3) is 11.3 Å². The SMILES string of the molecule is CC(C)c1sc(NCC(Cc2cccc(F)c2)C(=O)O)nc1-c1ccc(Cl)cc1. The van der Waals surface area contributed by atoms with Crippen LogP contribution < -0.4 is 5.32 Å². The van der Waals surface area contributed by atoms with Crippen molar-refractivity contribution >= 4 is 34.0 Å². The van der Waals surface area contributed by atoms with Crippen LogP contribution in [0.1, 0.15) is 30.2 Å². The Hall–Kier alpha value is -2.44. The predicted octanol–water partition coefficient (Wildman–Crippen LogP) is 6.08. The van der Waals surface area contributed by atoms with E-state index in [1.54, 1.807) is 12.1 Å². The molecule has 3 rings (SSSR count). The summed E-state index contributed by atoms with van der Waals surface area (Å²) >= 11 is 7.51. The predicted molar refractivity (Wildman–Crippen MR) is 116 cm³/mol. The molecule has 1 atom stereocenters. The maximum atomic E-state index is 13.4. The number of aliphatic carboxylic acids is 1. The lowest BCUT2D eigenvalue weighted by molar-refractivity contribution is -0.141. The van der Waals surface area contributed by atoms with Gasteiger partial charge in [0.25, 0.3) is 0 Å². The number of nitrogens with one attached hydrogen (secondary N) is 1. The summed E-state index contributed by atoms with van der Waals surface area (Å²) in [5, 5.41) is 14.1. The lowest BCUT2D eigenvalue weighted by Crippen LogP contribution is -2.25. The molecule has 2 aromatic carbocycles. The molecular weight excluding hydrogens is 411 g/mol. The van der Waals surface area contributed by atoms with Gasteiger partial charge in [0.15, 0.2) is 5.13 Å². The van der Waals surface area contributed by atoms with E-state index in [4.69, 9.17) is 16.6 Å². The Kier molecular flexibility index (Phi) is 6.87. The fourth-order valence-corrected chi connectivity index (χ4v) is 4.14. The molecule has 0 aliphatic carbocycles. The third-order valence-electron chi connectivity index (χ3n) is 4.52. The first kappa shape index (κ1) is 21.3. The molecule has 29 heavy (non-hydrogen) atoms. The minimum absolute atomic E-state index is 0.205. The zero-order valence-electron chi connectivity index (χ0n) is 16.2. The Morgan fingerprint density at radius 3 is 2.59 bits per heavy atom. The lowest BCUT2D eigenvalue weighted by atomic mass is 9.99. The second-order valence-corrected chi connectivity index (χ2v) is 8.61. The molecular formula is C22H22ClFN2O2S. The van der Waals surface area contributed by atoms with Crippen molar-refractivity contribution in [2.45, 2.75) is 26.2 Å². The minimum Gasteiger partial charge on any atom is -0.481 e. The van der Waals surface area contributed by atoms with Crippen molar-refractivity contribution in [3.63, 3.8) is 0 Å². The van der Waals surface area contributed by atoms with Crippen molar-refractivity contribution in [3.8, 4) is 11.3 Å². The molecule has 152 valence electrons. The molecule has 1 aromatic heterocycles. The van der Waals surface area contributed by atoms with Crippen molar-refractivity contribution in [1.82, 2.24) is 4.98 Å². The molecule has 1 unspecified atom stereocenters. The summed E-state index contributed by atoms with van der Waals surface area (Å²) in [6.45, 7) is 4.40. The van der Waals surface area contributed by atoms with Crippen LogP contribution >= 0.6 is 22.9 Å². The van der Waals surface area contributed by atoms with Gasteiger partial charge < -0.3 is 10.4 Å². The first-order valence-electron chi connectivity index (χ1n) is 9.31. The molecule has 2 N–H and O–H groups in total. The molecule has 4 nitrogen and oxygen atoms in total. The van der Waals surface area contributed by atoms with Gasteiger partial charge in [-0.15, -0.1) is 11.3 Å². The van der Waals surface area contributed by atoms with Gasteiger partial charge in [-0.05, 0) is 42.2 Å². The number of carboxylic acid groups (broad SMARTS) is 1. The number of carbonyl (C=O) groups is 1. The van der Waals surface area contributed by atoms with E-state index in [1.807, 2.05) is 24.3 Å². The van der Waals surface area contributed by atoms with E-state index in [2.05, 4.69) is 19.2 Å². The van der Waals surface area contributed by atoms with Crippen LogP contribution in [0.3, 0.4) is 0 Å². The van der Waals surface area contributed by atoms with Crippen molar-refractivity contribution < 1.29 is 14.3 Å². The van der Waals surface area contributed by atoms with E-state index in [1.165, 1.54) is 23.5 Å². The molecule has 1 heterocycles. The molecule has 0 aliphatic heterocycles. The van der Waals surface area contributed by atoms with Crippen LogP contribution in [0.2, 0.25) is 5.02 Å². The number of thiazole rings is 1. The molecule has 0 saturated carbocycles. The van der Waals surface area contributed by atoms with Crippen molar-refractivity contribution in [1.29, 1.82) is 0 Å².